The number of carbonyl (C=O) groups is 1. The fourth-order valence-electron chi connectivity index (χ4n) is 3.30. The van der Waals surface area contributed by atoms with E-state index in [-0.39, 0.29) is 12.7 Å². The Labute approximate surface area is 138 Å². The second-order valence-electron chi connectivity index (χ2n) is 5.88. The number of thiazole rings is 1. The zero-order valence-corrected chi connectivity index (χ0v) is 13.5. The molecular formula is C17H18N2O3S. The quantitative estimate of drug-likeness (QED) is 0.932. The molecule has 1 fully saturated rings. The van der Waals surface area contributed by atoms with Crippen molar-refractivity contribution in [2.75, 3.05) is 6.79 Å². The average Bonchev–Trinajstić information content (AvgIpc) is 3.32. The molecule has 2 aromatic rings. The summed E-state index contributed by atoms with van der Waals surface area (Å²) >= 11 is 1.43. The van der Waals surface area contributed by atoms with Crippen LogP contribution in [0.1, 0.15) is 52.5 Å². The van der Waals surface area contributed by atoms with E-state index < -0.39 is 0 Å². The molecule has 1 aliphatic heterocycles. The van der Waals surface area contributed by atoms with Crippen LogP contribution in [0.3, 0.4) is 0 Å². The average molecular weight is 330 g/mol. The Bertz CT molecular complexity index is 722. The Hall–Kier alpha value is -2.08. The molecule has 1 aliphatic carbocycles. The minimum atomic E-state index is -0.0501. The summed E-state index contributed by atoms with van der Waals surface area (Å²) in [6.45, 7) is 0.661. The maximum atomic E-state index is 12.5. The highest BCUT2D eigenvalue weighted by Crippen LogP contribution is 2.37. The molecule has 1 aromatic carbocycles. The minimum Gasteiger partial charge on any atom is -0.454 e. The number of nitrogens with zero attached hydrogens (tertiary/aromatic N) is 1. The number of benzene rings is 1. The van der Waals surface area contributed by atoms with Gasteiger partial charge in [0, 0.05) is 18.0 Å². The van der Waals surface area contributed by atoms with Gasteiger partial charge in [0.25, 0.3) is 5.91 Å². The van der Waals surface area contributed by atoms with Crippen LogP contribution in [-0.4, -0.2) is 17.7 Å². The third kappa shape index (κ3) is 2.79. The van der Waals surface area contributed by atoms with E-state index in [4.69, 9.17) is 9.47 Å². The molecule has 1 aromatic heterocycles. The summed E-state index contributed by atoms with van der Waals surface area (Å²) in [5, 5.41) is 2.99. The molecule has 6 heteroatoms. The molecule has 23 heavy (non-hydrogen) atoms. The fraction of sp³-hybridized carbons (Fsp3) is 0.412. The Kier molecular flexibility index (Phi) is 3.91. The molecule has 5 nitrogen and oxygen atoms in total. The molecule has 0 bridgehead atoms. The molecule has 2 heterocycles. The summed E-state index contributed by atoms with van der Waals surface area (Å²) in [7, 11) is 0. The van der Waals surface area contributed by atoms with Crippen molar-refractivity contribution in [2.45, 2.75) is 38.1 Å². The van der Waals surface area contributed by atoms with Crippen molar-refractivity contribution < 1.29 is 14.3 Å². The molecule has 2 aliphatic rings. The van der Waals surface area contributed by atoms with E-state index in [0.717, 1.165) is 40.5 Å². The number of para-hydroxylation sites is 1. The van der Waals surface area contributed by atoms with Crippen molar-refractivity contribution in [1.82, 2.24) is 10.3 Å². The first kappa shape index (κ1) is 14.5. The van der Waals surface area contributed by atoms with Crippen molar-refractivity contribution in [3.8, 4) is 11.5 Å². The van der Waals surface area contributed by atoms with Crippen LogP contribution in [0, 0.1) is 0 Å². The minimum absolute atomic E-state index is 0.0501. The van der Waals surface area contributed by atoms with Crippen LogP contribution in [0.5, 0.6) is 11.5 Å². The molecule has 0 radical (unpaired) electrons. The van der Waals surface area contributed by atoms with E-state index >= 15 is 0 Å². The Balaban J connectivity index is 1.47. The summed E-state index contributed by atoms with van der Waals surface area (Å²) in [6, 6.07) is 5.72. The molecule has 0 spiro atoms. The van der Waals surface area contributed by atoms with Gasteiger partial charge in [-0.2, -0.15) is 0 Å². The number of hydrogen-bond donors (Lipinski definition) is 1. The van der Waals surface area contributed by atoms with Gasteiger partial charge in [-0.25, -0.2) is 4.98 Å². The van der Waals surface area contributed by atoms with Crippen LogP contribution in [0.25, 0.3) is 0 Å². The lowest BCUT2D eigenvalue weighted by Crippen LogP contribution is -2.23. The third-order valence-corrected chi connectivity index (χ3v) is 5.30. The van der Waals surface area contributed by atoms with Crippen molar-refractivity contribution in [3.63, 3.8) is 0 Å². The Morgan fingerprint density at radius 1 is 1.30 bits per heavy atom. The summed E-state index contributed by atoms with van der Waals surface area (Å²) in [5.74, 6) is 1.86. The molecule has 120 valence electrons. The second kappa shape index (κ2) is 6.20. The molecule has 0 atom stereocenters. The number of amides is 1. The lowest BCUT2D eigenvalue weighted by molar-refractivity contribution is 0.0953. The van der Waals surface area contributed by atoms with E-state index in [1.165, 1.54) is 24.2 Å². The van der Waals surface area contributed by atoms with Crippen LogP contribution in [0.4, 0.5) is 0 Å². The Morgan fingerprint density at radius 3 is 3.04 bits per heavy atom. The van der Waals surface area contributed by atoms with E-state index in [0.29, 0.717) is 12.5 Å². The van der Waals surface area contributed by atoms with E-state index in [2.05, 4.69) is 10.3 Å². The van der Waals surface area contributed by atoms with Crippen LogP contribution < -0.4 is 14.8 Å². The first-order valence-corrected chi connectivity index (χ1v) is 8.80. The maximum Gasteiger partial charge on any atom is 0.263 e. The summed E-state index contributed by atoms with van der Waals surface area (Å²) in [4.78, 5) is 17.7. The van der Waals surface area contributed by atoms with Gasteiger partial charge in [-0.15, -0.1) is 11.3 Å². The summed E-state index contributed by atoms with van der Waals surface area (Å²) in [6.07, 6.45) is 4.75. The highest BCUT2D eigenvalue weighted by molar-refractivity contribution is 7.11. The topological polar surface area (TPSA) is 60.5 Å². The summed E-state index contributed by atoms with van der Waals surface area (Å²) in [5.41, 5.74) is 3.68. The number of hydrogen-bond acceptors (Lipinski definition) is 5. The molecule has 0 unspecified atom stereocenters. The van der Waals surface area contributed by atoms with Gasteiger partial charge in [-0.05, 0) is 18.9 Å². The van der Waals surface area contributed by atoms with E-state index in [1.54, 1.807) is 5.51 Å². The predicted molar refractivity (Wildman–Crippen MR) is 87.1 cm³/mol. The van der Waals surface area contributed by atoms with Crippen molar-refractivity contribution >= 4 is 17.2 Å². The number of carbonyl (C=O) groups excluding carboxylic acids is 1. The monoisotopic (exact) mass is 330 g/mol. The van der Waals surface area contributed by atoms with Gasteiger partial charge in [0.1, 0.15) is 4.88 Å². The van der Waals surface area contributed by atoms with Crippen molar-refractivity contribution in [1.29, 1.82) is 0 Å². The number of nitrogens with one attached hydrogen (secondary N) is 1. The second-order valence-corrected chi connectivity index (χ2v) is 6.74. The first-order valence-electron chi connectivity index (χ1n) is 7.92. The van der Waals surface area contributed by atoms with Gasteiger partial charge in [0.2, 0.25) is 6.79 Å². The lowest BCUT2D eigenvalue weighted by atomic mass is 10.0. The van der Waals surface area contributed by atoms with Crippen LogP contribution >= 0.6 is 11.3 Å². The van der Waals surface area contributed by atoms with Gasteiger partial charge in [0.15, 0.2) is 11.5 Å². The van der Waals surface area contributed by atoms with E-state index in [9.17, 15) is 4.79 Å². The van der Waals surface area contributed by atoms with Gasteiger partial charge in [-0.3, -0.25) is 4.79 Å². The maximum absolute atomic E-state index is 12.5. The van der Waals surface area contributed by atoms with Gasteiger partial charge >= 0.3 is 0 Å². The molecule has 1 N–H and O–H groups in total. The smallest absolute Gasteiger partial charge is 0.263 e. The standard InChI is InChI=1S/C17H18N2O3S/c20-17(16-14(19-9-23-16)11-4-1-2-5-11)18-8-12-6-3-7-13-15(12)22-10-21-13/h3,6-7,9,11H,1-2,4-5,8,10H2,(H,18,20). The number of aromatic nitrogens is 1. The number of ether oxygens (including phenoxy) is 2. The normalized spacial score (nSPS) is 16.7. The van der Waals surface area contributed by atoms with Crippen LogP contribution in [-0.2, 0) is 6.54 Å². The highest BCUT2D eigenvalue weighted by atomic mass is 32.1. The van der Waals surface area contributed by atoms with E-state index in [1.807, 2.05) is 18.2 Å². The summed E-state index contributed by atoms with van der Waals surface area (Å²) < 4.78 is 10.8. The first-order chi connectivity index (χ1) is 11.3. The van der Waals surface area contributed by atoms with Gasteiger partial charge in [0.05, 0.1) is 11.2 Å². The molecule has 4 rings (SSSR count). The SMILES string of the molecule is O=C(NCc1cccc2c1OCO2)c1scnc1C1CCCC1. The van der Waals surface area contributed by atoms with Gasteiger partial charge < -0.3 is 14.8 Å². The number of rotatable bonds is 4. The van der Waals surface area contributed by atoms with Crippen LogP contribution in [0.15, 0.2) is 23.7 Å². The van der Waals surface area contributed by atoms with Crippen LogP contribution in [0.2, 0.25) is 0 Å². The van der Waals surface area contributed by atoms with Crippen molar-refractivity contribution in [2.24, 2.45) is 0 Å². The fourth-order valence-corrected chi connectivity index (χ4v) is 4.09. The Morgan fingerprint density at radius 2 is 2.17 bits per heavy atom. The third-order valence-electron chi connectivity index (χ3n) is 4.46. The zero-order valence-electron chi connectivity index (χ0n) is 12.7. The molecular weight excluding hydrogens is 312 g/mol. The number of fused-ring (bicyclic) bond motifs is 1. The molecule has 1 saturated carbocycles. The van der Waals surface area contributed by atoms with Gasteiger partial charge in [-0.1, -0.05) is 25.0 Å². The molecule has 0 saturated heterocycles. The zero-order chi connectivity index (χ0) is 15.6. The van der Waals surface area contributed by atoms with Crippen molar-refractivity contribution in [3.05, 3.63) is 39.8 Å². The largest absolute Gasteiger partial charge is 0.454 e. The predicted octanol–water partition coefficient (Wildman–Crippen LogP) is 3.46. The highest BCUT2D eigenvalue weighted by Gasteiger charge is 2.25. The lowest BCUT2D eigenvalue weighted by Gasteiger charge is -2.10. The molecule has 1 amide bonds.